The Morgan fingerprint density at radius 1 is 1.44 bits per heavy atom. The van der Waals surface area contributed by atoms with Crippen LogP contribution in [0, 0.1) is 6.92 Å². The first kappa shape index (κ1) is 14.3. The molecule has 0 aromatic heterocycles. The zero-order chi connectivity index (χ0) is 13.8. The number of benzene rings is 1. The molecule has 0 saturated heterocycles. The molecule has 100 valence electrons. The minimum atomic E-state index is -4.47. The van der Waals surface area contributed by atoms with Crippen molar-refractivity contribution in [2.45, 2.75) is 13.1 Å². The highest BCUT2D eigenvalue weighted by Crippen LogP contribution is 2.23. The van der Waals surface area contributed by atoms with Crippen LogP contribution in [0.5, 0.6) is 5.75 Å². The molecule has 0 fully saturated rings. The largest absolute Gasteiger partial charge is 0.506 e. The summed E-state index contributed by atoms with van der Waals surface area (Å²) in [5.74, 6) is -0.919. The molecule has 1 aromatic carbocycles. The van der Waals surface area contributed by atoms with E-state index in [-0.39, 0.29) is 11.4 Å². The van der Waals surface area contributed by atoms with Crippen molar-refractivity contribution in [2.24, 2.45) is 0 Å². The zero-order valence-corrected chi connectivity index (χ0v) is 9.54. The molecule has 1 rings (SSSR count). The third-order valence-electron chi connectivity index (χ3n) is 1.93. The van der Waals surface area contributed by atoms with Crippen LogP contribution < -0.4 is 5.32 Å². The topological polar surface area (TPSA) is 58.6 Å². The van der Waals surface area contributed by atoms with Crippen LogP contribution in [-0.2, 0) is 9.53 Å². The van der Waals surface area contributed by atoms with Gasteiger partial charge in [0.1, 0.15) is 19.0 Å². The monoisotopic (exact) mass is 263 g/mol. The fourth-order valence-corrected chi connectivity index (χ4v) is 1.19. The van der Waals surface area contributed by atoms with Crippen LogP contribution in [0.4, 0.5) is 18.9 Å². The van der Waals surface area contributed by atoms with E-state index in [1.165, 1.54) is 12.1 Å². The fourth-order valence-electron chi connectivity index (χ4n) is 1.19. The normalized spacial score (nSPS) is 11.3. The fraction of sp³-hybridized carbons (Fsp3) is 0.364. The summed E-state index contributed by atoms with van der Waals surface area (Å²) >= 11 is 0. The van der Waals surface area contributed by atoms with E-state index < -0.39 is 25.3 Å². The van der Waals surface area contributed by atoms with Gasteiger partial charge in [-0.15, -0.1) is 0 Å². The highest BCUT2D eigenvalue weighted by Gasteiger charge is 2.27. The standard InChI is InChI=1S/C11H12F3NO3/c1-7-2-3-8(9(16)4-7)15-10(17)5-18-6-11(12,13)14/h2-4,16H,5-6H2,1H3,(H,15,17). The Morgan fingerprint density at radius 3 is 2.67 bits per heavy atom. The summed E-state index contributed by atoms with van der Waals surface area (Å²) in [5.41, 5.74) is 0.917. The Morgan fingerprint density at radius 2 is 2.11 bits per heavy atom. The van der Waals surface area contributed by atoms with Crippen molar-refractivity contribution in [1.82, 2.24) is 0 Å². The lowest BCUT2D eigenvalue weighted by molar-refractivity contribution is -0.174. The molecule has 0 aliphatic carbocycles. The molecular weight excluding hydrogens is 251 g/mol. The number of hydrogen-bond donors (Lipinski definition) is 2. The van der Waals surface area contributed by atoms with Crippen molar-refractivity contribution in [2.75, 3.05) is 18.5 Å². The van der Waals surface area contributed by atoms with Crippen molar-refractivity contribution >= 4 is 11.6 Å². The second kappa shape index (κ2) is 5.72. The highest BCUT2D eigenvalue weighted by molar-refractivity contribution is 5.93. The maximum atomic E-state index is 11.7. The quantitative estimate of drug-likeness (QED) is 0.819. The first-order valence-electron chi connectivity index (χ1n) is 5.02. The van der Waals surface area contributed by atoms with Crippen LogP contribution in [0.1, 0.15) is 5.56 Å². The van der Waals surface area contributed by atoms with Crippen molar-refractivity contribution in [1.29, 1.82) is 0 Å². The number of alkyl halides is 3. The summed E-state index contributed by atoms with van der Waals surface area (Å²) in [6.45, 7) is -0.467. The zero-order valence-electron chi connectivity index (χ0n) is 9.54. The molecule has 2 N–H and O–H groups in total. The van der Waals surface area contributed by atoms with E-state index in [4.69, 9.17) is 0 Å². The third-order valence-corrected chi connectivity index (χ3v) is 1.93. The number of phenolic OH excluding ortho intramolecular Hbond substituents is 1. The third kappa shape index (κ3) is 5.05. The minimum Gasteiger partial charge on any atom is -0.506 e. The number of carbonyl (C=O) groups is 1. The van der Waals surface area contributed by atoms with Crippen LogP contribution in [-0.4, -0.2) is 30.4 Å². The van der Waals surface area contributed by atoms with E-state index >= 15 is 0 Å². The Hall–Kier alpha value is -1.76. The number of carbonyl (C=O) groups excluding carboxylic acids is 1. The number of rotatable bonds is 4. The van der Waals surface area contributed by atoms with Crippen LogP contribution in [0.25, 0.3) is 0 Å². The Bertz CT molecular complexity index is 432. The SMILES string of the molecule is Cc1ccc(NC(=O)COCC(F)(F)F)c(O)c1. The van der Waals surface area contributed by atoms with E-state index in [9.17, 15) is 23.1 Å². The number of halogens is 3. The molecule has 1 aromatic rings. The van der Waals surface area contributed by atoms with Gasteiger partial charge in [0.05, 0.1) is 5.69 Å². The predicted octanol–water partition coefficient (Wildman–Crippen LogP) is 2.22. The minimum absolute atomic E-state index is 0.126. The number of phenols is 1. The molecule has 0 heterocycles. The van der Waals surface area contributed by atoms with Crippen LogP contribution >= 0.6 is 0 Å². The average Bonchev–Trinajstić information content (AvgIpc) is 2.20. The van der Waals surface area contributed by atoms with Gasteiger partial charge >= 0.3 is 6.18 Å². The lowest BCUT2D eigenvalue weighted by Gasteiger charge is -2.09. The molecule has 18 heavy (non-hydrogen) atoms. The number of amides is 1. The van der Waals surface area contributed by atoms with Gasteiger partial charge < -0.3 is 15.2 Å². The average molecular weight is 263 g/mol. The van der Waals surface area contributed by atoms with E-state index in [2.05, 4.69) is 10.1 Å². The molecule has 0 bridgehead atoms. The van der Waals surface area contributed by atoms with E-state index in [1.54, 1.807) is 13.0 Å². The van der Waals surface area contributed by atoms with E-state index in [1.807, 2.05) is 0 Å². The molecule has 7 heteroatoms. The summed E-state index contributed by atoms with van der Waals surface area (Å²) in [6, 6.07) is 4.52. The lowest BCUT2D eigenvalue weighted by Crippen LogP contribution is -2.24. The number of ether oxygens (including phenoxy) is 1. The summed E-state index contributed by atoms with van der Waals surface area (Å²) in [4.78, 5) is 11.2. The molecule has 1 amide bonds. The summed E-state index contributed by atoms with van der Waals surface area (Å²) in [6.07, 6.45) is -4.47. The summed E-state index contributed by atoms with van der Waals surface area (Å²) in [7, 11) is 0. The molecule has 0 atom stereocenters. The number of anilines is 1. The van der Waals surface area contributed by atoms with Gasteiger partial charge in [-0.1, -0.05) is 6.07 Å². The summed E-state index contributed by atoms with van der Waals surface area (Å²) in [5, 5.41) is 11.7. The second-order valence-corrected chi connectivity index (χ2v) is 3.68. The van der Waals surface area contributed by atoms with Gasteiger partial charge in [0, 0.05) is 0 Å². The highest BCUT2D eigenvalue weighted by atomic mass is 19.4. The van der Waals surface area contributed by atoms with Gasteiger partial charge in [-0.3, -0.25) is 4.79 Å². The Labute approximate surface area is 101 Å². The van der Waals surface area contributed by atoms with Gasteiger partial charge in [-0.05, 0) is 24.6 Å². The predicted molar refractivity (Wildman–Crippen MR) is 58.3 cm³/mol. The van der Waals surface area contributed by atoms with Gasteiger partial charge in [-0.25, -0.2) is 0 Å². The van der Waals surface area contributed by atoms with Gasteiger partial charge in [-0.2, -0.15) is 13.2 Å². The molecule has 0 unspecified atom stereocenters. The Kier molecular flexibility index (Phi) is 4.55. The number of nitrogens with one attached hydrogen (secondary N) is 1. The van der Waals surface area contributed by atoms with Crippen LogP contribution in [0.2, 0.25) is 0 Å². The van der Waals surface area contributed by atoms with Gasteiger partial charge in [0.25, 0.3) is 0 Å². The van der Waals surface area contributed by atoms with E-state index in [0.717, 1.165) is 5.56 Å². The van der Waals surface area contributed by atoms with Crippen LogP contribution in [0.3, 0.4) is 0 Å². The van der Waals surface area contributed by atoms with Crippen molar-refractivity contribution in [3.05, 3.63) is 23.8 Å². The Balaban J connectivity index is 2.45. The molecule has 0 saturated carbocycles. The molecule has 4 nitrogen and oxygen atoms in total. The van der Waals surface area contributed by atoms with E-state index in [0.29, 0.717) is 0 Å². The second-order valence-electron chi connectivity index (χ2n) is 3.68. The number of aryl methyl sites for hydroxylation is 1. The smallest absolute Gasteiger partial charge is 0.411 e. The maximum absolute atomic E-state index is 11.7. The maximum Gasteiger partial charge on any atom is 0.411 e. The molecule has 0 spiro atoms. The molecule has 0 aliphatic rings. The van der Waals surface area contributed by atoms with Crippen molar-refractivity contribution < 1.29 is 27.8 Å². The molecular formula is C11H12F3NO3. The number of hydrogen-bond acceptors (Lipinski definition) is 3. The lowest BCUT2D eigenvalue weighted by atomic mass is 10.2. The number of aromatic hydroxyl groups is 1. The van der Waals surface area contributed by atoms with Gasteiger partial charge in [0.15, 0.2) is 0 Å². The van der Waals surface area contributed by atoms with Gasteiger partial charge in [0.2, 0.25) is 5.91 Å². The molecule has 0 radical (unpaired) electrons. The summed E-state index contributed by atoms with van der Waals surface area (Å²) < 4.78 is 39.4. The first-order chi connectivity index (χ1) is 8.28. The first-order valence-corrected chi connectivity index (χ1v) is 5.02. The van der Waals surface area contributed by atoms with Crippen molar-refractivity contribution in [3.8, 4) is 5.75 Å². The van der Waals surface area contributed by atoms with Crippen molar-refractivity contribution in [3.63, 3.8) is 0 Å². The molecule has 0 aliphatic heterocycles. The van der Waals surface area contributed by atoms with Crippen LogP contribution in [0.15, 0.2) is 18.2 Å².